The molecule has 1 atom stereocenters. The van der Waals surface area contributed by atoms with Crippen LogP contribution < -0.4 is 9.47 Å². The molecule has 0 unspecified atom stereocenters. The lowest BCUT2D eigenvalue weighted by atomic mass is 10.0. The summed E-state index contributed by atoms with van der Waals surface area (Å²) in [4.78, 5) is 0. The Balaban J connectivity index is 2.50. The zero-order valence-electron chi connectivity index (χ0n) is 10.2. The molecule has 0 aliphatic carbocycles. The molecule has 0 spiro atoms. The summed E-state index contributed by atoms with van der Waals surface area (Å²) >= 11 is 0. The van der Waals surface area contributed by atoms with Gasteiger partial charge in [-0.1, -0.05) is 0 Å². The van der Waals surface area contributed by atoms with E-state index in [0.717, 1.165) is 17.7 Å². The van der Waals surface area contributed by atoms with E-state index in [2.05, 4.69) is 0 Å². The van der Waals surface area contributed by atoms with E-state index in [0.29, 0.717) is 11.3 Å². The molecule has 4 heteroatoms. The lowest BCUT2D eigenvalue weighted by molar-refractivity contribution is 0.254. The van der Waals surface area contributed by atoms with Gasteiger partial charge in [0.1, 0.15) is 35.3 Å². The Morgan fingerprint density at radius 2 is 2.17 bits per heavy atom. The van der Waals surface area contributed by atoms with Gasteiger partial charge in [-0.3, -0.25) is 0 Å². The first-order chi connectivity index (χ1) is 8.67. The molecule has 0 amide bonds. The van der Waals surface area contributed by atoms with Crippen LogP contribution >= 0.6 is 0 Å². The summed E-state index contributed by atoms with van der Waals surface area (Å²) in [6.45, 7) is 2.00. The zero-order chi connectivity index (χ0) is 13.1. The van der Waals surface area contributed by atoms with E-state index in [1.807, 2.05) is 31.2 Å². The number of nitrogens with zero attached hydrogens (tertiary/aromatic N) is 2. The number of nitriles is 2. The highest BCUT2D eigenvalue weighted by Crippen LogP contribution is 2.35. The highest BCUT2D eigenvalue weighted by molar-refractivity contribution is 5.68. The van der Waals surface area contributed by atoms with Crippen LogP contribution in [0, 0.1) is 22.7 Å². The topological polar surface area (TPSA) is 66.0 Å². The van der Waals surface area contributed by atoms with E-state index < -0.39 is 0 Å². The first-order valence-electron chi connectivity index (χ1n) is 5.57. The SMILES string of the molecule is COc1cc2c(cc1C=C(C#N)C#N)O[C@@H](C)C2. The maximum absolute atomic E-state index is 8.77. The van der Waals surface area contributed by atoms with Crippen molar-refractivity contribution in [2.75, 3.05) is 7.11 Å². The normalized spacial score (nSPS) is 15.9. The molecule has 1 aliphatic heterocycles. The van der Waals surface area contributed by atoms with Crippen LogP contribution in [0.15, 0.2) is 17.7 Å². The van der Waals surface area contributed by atoms with Crippen molar-refractivity contribution < 1.29 is 9.47 Å². The smallest absolute Gasteiger partial charge is 0.130 e. The quantitative estimate of drug-likeness (QED) is 0.745. The Bertz CT molecular complexity index is 575. The van der Waals surface area contributed by atoms with E-state index >= 15 is 0 Å². The van der Waals surface area contributed by atoms with Crippen LogP contribution in [-0.4, -0.2) is 13.2 Å². The van der Waals surface area contributed by atoms with Gasteiger partial charge >= 0.3 is 0 Å². The molecule has 1 aromatic rings. The molecular formula is C14H12N2O2. The summed E-state index contributed by atoms with van der Waals surface area (Å²) in [5.74, 6) is 1.44. The Hall–Kier alpha value is -2.46. The number of ether oxygens (including phenoxy) is 2. The van der Waals surface area contributed by atoms with Gasteiger partial charge in [-0.15, -0.1) is 0 Å². The van der Waals surface area contributed by atoms with E-state index in [1.54, 1.807) is 7.11 Å². The van der Waals surface area contributed by atoms with Gasteiger partial charge in [-0.25, -0.2) is 0 Å². The molecule has 0 saturated carbocycles. The van der Waals surface area contributed by atoms with Crippen LogP contribution in [0.1, 0.15) is 18.1 Å². The Kier molecular flexibility index (Phi) is 3.21. The average molecular weight is 240 g/mol. The van der Waals surface area contributed by atoms with E-state index in [9.17, 15) is 0 Å². The van der Waals surface area contributed by atoms with Crippen LogP contribution in [0.5, 0.6) is 11.5 Å². The predicted molar refractivity (Wildman–Crippen MR) is 66.0 cm³/mol. The lowest BCUT2D eigenvalue weighted by Crippen LogP contribution is -2.05. The largest absolute Gasteiger partial charge is 0.496 e. The van der Waals surface area contributed by atoms with Crippen molar-refractivity contribution in [1.82, 2.24) is 0 Å². The number of hydrogen-bond acceptors (Lipinski definition) is 4. The number of allylic oxidation sites excluding steroid dienone is 1. The van der Waals surface area contributed by atoms with Crippen molar-refractivity contribution in [2.24, 2.45) is 0 Å². The maximum Gasteiger partial charge on any atom is 0.130 e. The van der Waals surface area contributed by atoms with Crippen molar-refractivity contribution in [1.29, 1.82) is 10.5 Å². The molecule has 0 aromatic heterocycles. The van der Waals surface area contributed by atoms with Crippen molar-refractivity contribution in [3.05, 3.63) is 28.8 Å². The number of rotatable bonds is 2. The number of hydrogen-bond donors (Lipinski definition) is 0. The predicted octanol–water partition coefficient (Wildman–Crippen LogP) is 2.45. The highest BCUT2D eigenvalue weighted by Gasteiger charge is 2.21. The van der Waals surface area contributed by atoms with Gasteiger partial charge in [-0.05, 0) is 25.1 Å². The van der Waals surface area contributed by atoms with Crippen molar-refractivity contribution >= 4 is 6.08 Å². The molecule has 0 bridgehead atoms. The van der Waals surface area contributed by atoms with Gasteiger partial charge in [0.2, 0.25) is 0 Å². The molecule has 2 rings (SSSR count). The first kappa shape index (κ1) is 12.0. The van der Waals surface area contributed by atoms with Crippen molar-refractivity contribution in [3.8, 4) is 23.6 Å². The van der Waals surface area contributed by atoms with Gasteiger partial charge < -0.3 is 9.47 Å². The minimum atomic E-state index is 0.0410. The standard InChI is InChI=1S/C14H12N2O2/c1-9-3-11-5-13(17-2)12(6-14(11)18-9)4-10(7-15)8-16/h4-6,9H,3H2,1-2H3/t9-/m0/s1. The molecule has 0 fully saturated rings. The first-order valence-corrected chi connectivity index (χ1v) is 5.57. The van der Waals surface area contributed by atoms with Crippen LogP contribution in [0.25, 0.3) is 6.08 Å². The molecule has 0 N–H and O–H groups in total. The molecular weight excluding hydrogens is 228 g/mol. The van der Waals surface area contributed by atoms with Crippen molar-refractivity contribution in [2.45, 2.75) is 19.4 Å². The fraction of sp³-hybridized carbons (Fsp3) is 0.286. The summed E-state index contributed by atoms with van der Waals surface area (Å²) in [7, 11) is 1.57. The summed E-state index contributed by atoms with van der Waals surface area (Å²) < 4.78 is 10.9. The summed E-state index contributed by atoms with van der Waals surface area (Å²) in [6.07, 6.45) is 2.50. The van der Waals surface area contributed by atoms with Gasteiger partial charge in [0, 0.05) is 17.5 Å². The van der Waals surface area contributed by atoms with Crippen LogP contribution in [0.4, 0.5) is 0 Å². The second kappa shape index (κ2) is 4.81. The van der Waals surface area contributed by atoms with E-state index in [1.165, 1.54) is 6.08 Å². The average Bonchev–Trinajstić information content (AvgIpc) is 2.73. The molecule has 18 heavy (non-hydrogen) atoms. The zero-order valence-corrected chi connectivity index (χ0v) is 10.2. The minimum Gasteiger partial charge on any atom is -0.496 e. The third-order valence-electron chi connectivity index (χ3n) is 2.79. The van der Waals surface area contributed by atoms with E-state index in [-0.39, 0.29) is 11.7 Å². The van der Waals surface area contributed by atoms with Crippen LogP contribution in [0.3, 0.4) is 0 Å². The number of fused-ring (bicyclic) bond motifs is 1. The van der Waals surface area contributed by atoms with Crippen molar-refractivity contribution in [3.63, 3.8) is 0 Å². The van der Waals surface area contributed by atoms with E-state index in [4.69, 9.17) is 20.0 Å². The Morgan fingerprint density at radius 1 is 1.44 bits per heavy atom. The lowest BCUT2D eigenvalue weighted by Gasteiger charge is -2.08. The van der Waals surface area contributed by atoms with Crippen LogP contribution in [0.2, 0.25) is 0 Å². The minimum absolute atomic E-state index is 0.0410. The molecule has 0 radical (unpaired) electrons. The molecule has 1 aromatic carbocycles. The monoisotopic (exact) mass is 240 g/mol. The Labute approximate surface area is 106 Å². The molecule has 90 valence electrons. The van der Waals surface area contributed by atoms with Gasteiger partial charge in [0.05, 0.1) is 7.11 Å². The second-order valence-corrected chi connectivity index (χ2v) is 4.12. The van der Waals surface area contributed by atoms with Gasteiger partial charge in [-0.2, -0.15) is 10.5 Å². The van der Waals surface area contributed by atoms with Crippen LogP contribution in [-0.2, 0) is 6.42 Å². The van der Waals surface area contributed by atoms with Gasteiger partial charge in [0.25, 0.3) is 0 Å². The molecule has 1 aliphatic rings. The third kappa shape index (κ3) is 2.14. The Morgan fingerprint density at radius 3 is 2.78 bits per heavy atom. The molecule has 4 nitrogen and oxygen atoms in total. The second-order valence-electron chi connectivity index (χ2n) is 4.12. The van der Waals surface area contributed by atoms with Gasteiger partial charge in [0.15, 0.2) is 0 Å². The fourth-order valence-electron chi connectivity index (χ4n) is 1.99. The fourth-order valence-corrected chi connectivity index (χ4v) is 1.99. The third-order valence-corrected chi connectivity index (χ3v) is 2.79. The highest BCUT2D eigenvalue weighted by atomic mass is 16.5. The summed E-state index contributed by atoms with van der Waals surface area (Å²) in [6, 6.07) is 7.37. The number of benzene rings is 1. The molecule has 0 saturated heterocycles. The summed E-state index contributed by atoms with van der Waals surface area (Å²) in [5.41, 5.74) is 1.81. The number of methoxy groups -OCH3 is 1. The maximum atomic E-state index is 8.77. The molecule has 1 heterocycles. The summed E-state index contributed by atoms with van der Waals surface area (Å²) in [5, 5.41) is 17.5.